The van der Waals surface area contributed by atoms with Crippen molar-refractivity contribution in [3.05, 3.63) is 25.3 Å². The minimum absolute atomic E-state index is 0.153. The van der Waals surface area contributed by atoms with Crippen LogP contribution in [-0.2, 0) is 4.79 Å². The Hall–Kier alpha value is -1.26. The summed E-state index contributed by atoms with van der Waals surface area (Å²) in [5, 5.41) is 0. The zero-order valence-electron chi connectivity index (χ0n) is 9.59. The summed E-state index contributed by atoms with van der Waals surface area (Å²) >= 11 is 0. The van der Waals surface area contributed by atoms with Crippen molar-refractivity contribution in [3.8, 4) is 0 Å². The molecule has 0 aromatic heterocycles. The van der Waals surface area contributed by atoms with Gasteiger partial charge in [-0.2, -0.15) is 13.2 Å². The number of likely N-dealkylation sites (tertiary alicyclic amines) is 1. The van der Waals surface area contributed by atoms with Crippen LogP contribution >= 0.6 is 0 Å². The lowest BCUT2D eigenvalue weighted by atomic mass is 9.88. The molecule has 1 rings (SSSR count). The van der Waals surface area contributed by atoms with Gasteiger partial charge >= 0.3 is 12.1 Å². The summed E-state index contributed by atoms with van der Waals surface area (Å²) in [6.07, 6.45) is 0.187. The van der Waals surface area contributed by atoms with Gasteiger partial charge in [-0.05, 0) is 25.7 Å². The second-order valence-electron chi connectivity index (χ2n) is 4.27. The highest BCUT2D eigenvalue weighted by atomic mass is 19.4. The monoisotopic (exact) mass is 247 g/mol. The SMILES string of the molecule is C=CCC1(CC=C)CCCN1C(=O)C(F)(F)F. The van der Waals surface area contributed by atoms with Gasteiger partial charge in [0, 0.05) is 6.54 Å². The van der Waals surface area contributed by atoms with Crippen molar-refractivity contribution < 1.29 is 18.0 Å². The fourth-order valence-electron chi connectivity index (χ4n) is 2.45. The van der Waals surface area contributed by atoms with Gasteiger partial charge in [-0.25, -0.2) is 0 Å². The Kier molecular flexibility index (Phi) is 4.01. The molecule has 0 radical (unpaired) electrons. The van der Waals surface area contributed by atoms with Crippen LogP contribution < -0.4 is 0 Å². The standard InChI is InChI=1S/C12H16F3NO/c1-3-6-11(7-4-2)8-5-9-16(11)10(17)12(13,14)15/h3-4H,1-2,5-9H2. The van der Waals surface area contributed by atoms with Crippen LogP contribution in [0.3, 0.4) is 0 Å². The summed E-state index contributed by atoms with van der Waals surface area (Å²) in [5.41, 5.74) is -0.782. The van der Waals surface area contributed by atoms with E-state index in [1.54, 1.807) is 12.2 Å². The van der Waals surface area contributed by atoms with Crippen LogP contribution in [0.4, 0.5) is 13.2 Å². The summed E-state index contributed by atoms with van der Waals surface area (Å²) in [4.78, 5) is 12.3. The van der Waals surface area contributed by atoms with Crippen LogP contribution in [0, 0.1) is 0 Å². The van der Waals surface area contributed by atoms with Crippen LogP contribution in [0.2, 0.25) is 0 Å². The summed E-state index contributed by atoms with van der Waals surface area (Å²) in [5.74, 6) is -1.75. The Morgan fingerprint density at radius 2 is 1.82 bits per heavy atom. The first kappa shape index (κ1) is 13.8. The van der Waals surface area contributed by atoms with Gasteiger partial charge in [0.25, 0.3) is 0 Å². The molecule has 17 heavy (non-hydrogen) atoms. The summed E-state index contributed by atoms with van der Waals surface area (Å²) in [6.45, 7) is 7.26. The molecule has 0 aliphatic carbocycles. The fraction of sp³-hybridized carbons (Fsp3) is 0.583. The minimum Gasteiger partial charge on any atom is -0.329 e. The van der Waals surface area contributed by atoms with E-state index >= 15 is 0 Å². The lowest BCUT2D eigenvalue weighted by molar-refractivity contribution is -0.189. The highest BCUT2D eigenvalue weighted by Crippen LogP contribution is 2.38. The van der Waals surface area contributed by atoms with Gasteiger partial charge in [0.2, 0.25) is 0 Å². The molecule has 0 aromatic carbocycles. The van der Waals surface area contributed by atoms with E-state index in [0.717, 1.165) is 4.90 Å². The number of hydrogen-bond donors (Lipinski definition) is 0. The lowest BCUT2D eigenvalue weighted by Crippen LogP contribution is -2.51. The number of rotatable bonds is 4. The van der Waals surface area contributed by atoms with E-state index < -0.39 is 17.6 Å². The number of amides is 1. The van der Waals surface area contributed by atoms with Gasteiger partial charge in [-0.1, -0.05) is 12.2 Å². The van der Waals surface area contributed by atoms with Gasteiger partial charge in [0.1, 0.15) is 0 Å². The molecule has 0 bridgehead atoms. The van der Waals surface area contributed by atoms with Crippen molar-refractivity contribution >= 4 is 5.91 Å². The number of nitrogens with zero attached hydrogens (tertiary/aromatic N) is 1. The third-order valence-electron chi connectivity index (χ3n) is 3.13. The Balaban J connectivity index is 2.99. The number of carbonyl (C=O) groups excluding carboxylic acids is 1. The molecule has 1 saturated heterocycles. The van der Waals surface area contributed by atoms with Gasteiger partial charge in [0.15, 0.2) is 0 Å². The van der Waals surface area contributed by atoms with Gasteiger partial charge in [-0.3, -0.25) is 4.79 Å². The van der Waals surface area contributed by atoms with Crippen LogP contribution in [0.25, 0.3) is 0 Å². The van der Waals surface area contributed by atoms with E-state index in [2.05, 4.69) is 13.2 Å². The average Bonchev–Trinajstić information content (AvgIpc) is 2.60. The van der Waals surface area contributed by atoms with E-state index in [1.165, 1.54) is 0 Å². The number of hydrogen-bond acceptors (Lipinski definition) is 1. The van der Waals surface area contributed by atoms with Gasteiger partial charge in [0.05, 0.1) is 5.54 Å². The van der Waals surface area contributed by atoms with Crippen LogP contribution in [-0.4, -0.2) is 29.1 Å². The molecule has 0 saturated carbocycles. The highest BCUT2D eigenvalue weighted by molar-refractivity contribution is 5.83. The van der Waals surface area contributed by atoms with E-state index in [9.17, 15) is 18.0 Å². The fourth-order valence-corrected chi connectivity index (χ4v) is 2.45. The molecule has 0 spiro atoms. The normalized spacial score (nSPS) is 19.1. The van der Waals surface area contributed by atoms with Crippen molar-refractivity contribution in [1.82, 2.24) is 4.90 Å². The molecule has 0 aromatic rings. The van der Waals surface area contributed by atoms with Crippen LogP contribution in [0.5, 0.6) is 0 Å². The zero-order chi connectivity index (χ0) is 13.1. The largest absolute Gasteiger partial charge is 0.471 e. The molecule has 1 amide bonds. The lowest BCUT2D eigenvalue weighted by Gasteiger charge is -2.37. The van der Waals surface area contributed by atoms with E-state index in [1.807, 2.05) is 0 Å². The van der Waals surface area contributed by atoms with Crippen molar-refractivity contribution in [2.24, 2.45) is 0 Å². The van der Waals surface area contributed by atoms with Crippen LogP contribution in [0.15, 0.2) is 25.3 Å². The minimum atomic E-state index is -4.81. The summed E-state index contributed by atoms with van der Waals surface area (Å²) in [7, 11) is 0. The highest BCUT2D eigenvalue weighted by Gasteiger charge is 2.51. The van der Waals surface area contributed by atoms with Gasteiger partial charge in [-0.15, -0.1) is 13.2 Å². The summed E-state index contributed by atoms with van der Waals surface area (Å²) in [6, 6.07) is 0. The predicted octanol–water partition coefficient (Wildman–Crippen LogP) is 3.06. The molecule has 0 atom stereocenters. The maximum absolute atomic E-state index is 12.5. The first-order chi connectivity index (χ1) is 7.87. The van der Waals surface area contributed by atoms with E-state index in [4.69, 9.17) is 0 Å². The second kappa shape index (κ2) is 4.94. The molecule has 96 valence electrons. The molecule has 1 aliphatic rings. The quantitative estimate of drug-likeness (QED) is 0.699. The first-order valence-electron chi connectivity index (χ1n) is 5.48. The average molecular weight is 247 g/mol. The third-order valence-corrected chi connectivity index (χ3v) is 3.13. The molecule has 0 unspecified atom stereocenters. The maximum atomic E-state index is 12.5. The number of carbonyl (C=O) groups is 1. The Morgan fingerprint density at radius 1 is 1.29 bits per heavy atom. The molecule has 1 fully saturated rings. The van der Waals surface area contributed by atoms with Crippen LogP contribution in [0.1, 0.15) is 25.7 Å². The topological polar surface area (TPSA) is 20.3 Å². The molecular formula is C12H16F3NO. The van der Waals surface area contributed by atoms with Crippen molar-refractivity contribution in [1.29, 1.82) is 0 Å². The smallest absolute Gasteiger partial charge is 0.329 e. The van der Waals surface area contributed by atoms with E-state index in [0.29, 0.717) is 25.7 Å². The zero-order valence-corrected chi connectivity index (χ0v) is 9.59. The maximum Gasteiger partial charge on any atom is 0.471 e. The Bertz CT molecular complexity index is 312. The van der Waals surface area contributed by atoms with Crippen molar-refractivity contribution in [2.75, 3.05) is 6.54 Å². The molecule has 1 heterocycles. The van der Waals surface area contributed by atoms with Gasteiger partial charge < -0.3 is 4.90 Å². The number of alkyl halides is 3. The Labute approximate surface area is 98.8 Å². The third kappa shape index (κ3) is 2.70. The molecule has 5 heteroatoms. The Morgan fingerprint density at radius 3 is 2.24 bits per heavy atom. The molecule has 2 nitrogen and oxygen atoms in total. The molecule has 1 aliphatic heterocycles. The molecular weight excluding hydrogens is 231 g/mol. The summed E-state index contributed by atoms with van der Waals surface area (Å²) < 4.78 is 37.4. The van der Waals surface area contributed by atoms with E-state index in [-0.39, 0.29) is 6.54 Å². The van der Waals surface area contributed by atoms with Crippen molar-refractivity contribution in [3.63, 3.8) is 0 Å². The van der Waals surface area contributed by atoms with Crippen molar-refractivity contribution in [2.45, 2.75) is 37.4 Å². The molecule has 0 N–H and O–H groups in total. The second-order valence-corrected chi connectivity index (χ2v) is 4.27. The predicted molar refractivity (Wildman–Crippen MR) is 59.4 cm³/mol. The number of halogens is 3. The first-order valence-corrected chi connectivity index (χ1v) is 5.48.